The minimum atomic E-state index is 0.0630. The van der Waals surface area contributed by atoms with Crippen LogP contribution >= 0.6 is 39.1 Å². The maximum absolute atomic E-state index is 6.21. The smallest absolute Gasteiger partial charge is 0.153 e. The quantitative estimate of drug-likeness (QED) is 0.905. The van der Waals surface area contributed by atoms with Crippen LogP contribution in [0.1, 0.15) is 17.3 Å². The Morgan fingerprint density at radius 1 is 1.42 bits per heavy atom. The second-order valence-electron chi connectivity index (χ2n) is 4.17. The molecule has 19 heavy (non-hydrogen) atoms. The van der Waals surface area contributed by atoms with Crippen LogP contribution in [0.15, 0.2) is 22.8 Å². The molecule has 1 aromatic heterocycles. The van der Waals surface area contributed by atoms with Crippen LogP contribution in [0, 0.1) is 0 Å². The summed E-state index contributed by atoms with van der Waals surface area (Å²) in [5.74, 6) is 0. The zero-order chi connectivity index (χ0) is 14.0. The van der Waals surface area contributed by atoms with Gasteiger partial charge in [-0.1, -0.05) is 34.5 Å². The fourth-order valence-electron chi connectivity index (χ4n) is 1.95. The molecule has 0 aliphatic carbocycles. The molecule has 0 fully saturated rings. The van der Waals surface area contributed by atoms with E-state index in [2.05, 4.69) is 31.6 Å². The van der Waals surface area contributed by atoms with Crippen molar-refractivity contribution in [3.05, 3.63) is 44.1 Å². The van der Waals surface area contributed by atoms with E-state index in [0.717, 1.165) is 22.3 Å². The Morgan fingerprint density at radius 3 is 2.68 bits per heavy atom. The minimum absolute atomic E-state index is 0.0630. The molecule has 0 aliphatic rings. The lowest BCUT2D eigenvalue weighted by atomic mass is 10.0. The van der Waals surface area contributed by atoms with Gasteiger partial charge in [-0.3, -0.25) is 0 Å². The van der Waals surface area contributed by atoms with Crippen LogP contribution in [-0.2, 0) is 13.5 Å². The second-order valence-corrected chi connectivity index (χ2v) is 5.76. The van der Waals surface area contributed by atoms with Gasteiger partial charge in [0.05, 0.1) is 11.7 Å². The molecule has 2 aromatic rings. The molecular weight excluding hydrogens is 351 g/mol. The van der Waals surface area contributed by atoms with Gasteiger partial charge in [0.1, 0.15) is 0 Å². The molecule has 1 aromatic carbocycles. The van der Waals surface area contributed by atoms with Crippen molar-refractivity contribution < 1.29 is 0 Å². The number of halogens is 3. The van der Waals surface area contributed by atoms with Crippen molar-refractivity contribution in [3.8, 4) is 0 Å². The van der Waals surface area contributed by atoms with E-state index in [1.165, 1.54) is 0 Å². The molecule has 1 atom stereocenters. The standard InChI is InChI=1S/C12H13BrCl2N4/c1-16-10(11-12(13)17-18-19(11)2)5-7-3-4-8(14)6-9(7)15/h3-4,6,10,16H,5H2,1-2H3. The third kappa shape index (κ3) is 3.28. The lowest BCUT2D eigenvalue weighted by molar-refractivity contribution is 0.533. The Kier molecular flexibility index (Phi) is 4.84. The average molecular weight is 364 g/mol. The van der Waals surface area contributed by atoms with Crippen molar-refractivity contribution in [2.75, 3.05) is 7.05 Å². The minimum Gasteiger partial charge on any atom is -0.311 e. The highest BCUT2D eigenvalue weighted by molar-refractivity contribution is 9.10. The number of rotatable bonds is 4. The molecule has 1 unspecified atom stereocenters. The van der Waals surface area contributed by atoms with Gasteiger partial charge in [-0.05, 0) is 47.1 Å². The summed E-state index contributed by atoms with van der Waals surface area (Å²) in [4.78, 5) is 0. The fraction of sp³-hybridized carbons (Fsp3) is 0.333. The van der Waals surface area contributed by atoms with Crippen LogP contribution in [0.25, 0.3) is 0 Å². The maximum Gasteiger partial charge on any atom is 0.153 e. The molecule has 0 spiro atoms. The van der Waals surface area contributed by atoms with Crippen molar-refractivity contribution in [1.29, 1.82) is 0 Å². The highest BCUT2D eigenvalue weighted by Crippen LogP contribution is 2.28. The predicted molar refractivity (Wildman–Crippen MR) is 80.7 cm³/mol. The lowest BCUT2D eigenvalue weighted by Gasteiger charge is -2.17. The van der Waals surface area contributed by atoms with E-state index in [4.69, 9.17) is 23.2 Å². The van der Waals surface area contributed by atoms with Crippen LogP contribution < -0.4 is 5.32 Å². The highest BCUT2D eigenvalue weighted by Gasteiger charge is 2.20. The number of hydrogen-bond donors (Lipinski definition) is 1. The van der Waals surface area contributed by atoms with E-state index in [1.807, 2.05) is 26.2 Å². The Morgan fingerprint density at radius 2 is 2.16 bits per heavy atom. The van der Waals surface area contributed by atoms with Gasteiger partial charge < -0.3 is 5.32 Å². The van der Waals surface area contributed by atoms with Gasteiger partial charge >= 0.3 is 0 Å². The lowest BCUT2D eigenvalue weighted by Crippen LogP contribution is -2.22. The van der Waals surface area contributed by atoms with Crippen molar-refractivity contribution >= 4 is 39.1 Å². The summed E-state index contributed by atoms with van der Waals surface area (Å²) >= 11 is 15.5. The van der Waals surface area contributed by atoms with Gasteiger partial charge in [0, 0.05) is 17.1 Å². The van der Waals surface area contributed by atoms with Gasteiger partial charge in [0.2, 0.25) is 0 Å². The number of aromatic nitrogens is 3. The molecule has 102 valence electrons. The summed E-state index contributed by atoms with van der Waals surface area (Å²) in [6.07, 6.45) is 0.728. The van der Waals surface area contributed by atoms with E-state index in [9.17, 15) is 0 Å². The second kappa shape index (κ2) is 6.22. The largest absolute Gasteiger partial charge is 0.311 e. The summed E-state index contributed by atoms with van der Waals surface area (Å²) in [5, 5.41) is 12.5. The first kappa shape index (κ1) is 14.8. The van der Waals surface area contributed by atoms with Crippen LogP contribution in [0.5, 0.6) is 0 Å². The number of likely N-dealkylation sites (N-methyl/N-ethyl adjacent to an activating group) is 1. The van der Waals surface area contributed by atoms with E-state index >= 15 is 0 Å². The van der Waals surface area contributed by atoms with Crippen molar-refractivity contribution in [2.45, 2.75) is 12.5 Å². The van der Waals surface area contributed by atoms with E-state index < -0.39 is 0 Å². The van der Waals surface area contributed by atoms with Gasteiger partial charge in [-0.15, -0.1) is 5.10 Å². The molecule has 0 saturated heterocycles. The third-order valence-electron chi connectivity index (χ3n) is 2.94. The van der Waals surface area contributed by atoms with Crippen molar-refractivity contribution in [1.82, 2.24) is 20.3 Å². The van der Waals surface area contributed by atoms with E-state index in [0.29, 0.717) is 10.0 Å². The molecular formula is C12H13BrCl2N4. The number of aryl methyl sites for hydroxylation is 1. The normalized spacial score (nSPS) is 12.7. The number of benzene rings is 1. The van der Waals surface area contributed by atoms with Crippen LogP contribution in [0.2, 0.25) is 10.0 Å². The van der Waals surface area contributed by atoms with Gasteiger partial charge in [-0.25, -0.2) is 4.68 Å². The fourth-order valence-corrected chi connectivity index (χ4v) is 3.04. The van der Waals surface area contributed by atoms with Crippen molar-refractivity contribution in [3.63, 3.8) is 0 Å². The first-order chi connectivity index (χ1) is 9.02. The molecule has 0 bridgehead atoms. The third-order valence-corrected chi connectivity index (χ3v) is 4.10. The average Bonchev–Trinajstić information content (AvgIpc) is 2.69. The summed E-state index contributed by atoms with van der Waals surface area (Å²) in [6, 6.07) is 5.59. The highest BCUT2D eigenvalue weighted by atomic mass is 79.9. The number of nitrogens with one attached hydrogen (secondary N) is 1. The van der Waals surface area contributed by atoms with Crippen LogP contribution in [0.3, 0.4) is 0 Å². The van der Waals surface area contributed by atoms with E-state index in [-0.39, 0.29) is 6.04 Å². The molecule has 1 N–H and O–H groups in total. The summed E-state index contributed by atoms with van der Waals surface area (Å²) in [7, 11) is 3.76. The SMILES string of the molecule is CNC(Cc1ccc(Cl)cc1Cl)c1c(Br)nnn1C. The monoisotopic (exact) mass is 362 g/mol. The molecule has 2 rings (SSSR count). The number of hydrogen-bond acceptors (Lipinski definition) is 3. The van der Waals surface area contributed by atoms with Gasteiger partial charge in [-0.2, -0.15) is 0 Å². The topological polar surface area (TPSA) is 42.7 Å². The number of nitrogens with zero attached hydrogens (tertiary/aromatic N) is 3. The first-order valence-corrected chi connectivity index (χ1v) is 7.24. The Hall–Kier alpha value is -0.620. The summed E-state index contributed by atoms with van der Waals surface area (Å²) < 4.78 is 2.48. The van der Waals surface area contributed by atoms with Crippen LogP contribution in [0.4, 0.5) is 0 Å². The van der Waals surface area contributed by atoms with E-state index in [1.54, 1.807) is 10.7 Å². The Bertz CT molecular complexity index is 566. The molecule has 0 saturated carbocycles. The predicted octanol–water partition coefficient (Wildman–Crippen LogP) is 3.39. The maximum atomic E-state index is 6.21. The van der Waals surface area contributed by atoms with Gasteiger partial charge in [0.15, 0.2) is 4.60 Å². The van der Waals surface area contributed by atoms with Gasteiger partial charge in [0.25, 0.3) is 0 Å². The van der Waals surface area contributed by atoms with Crippen molar-refractivity contribution in [2.24, 2.45) is 7.05 Å². The molecule has 7 heteroatoms. The summed E-state index contributed by atoms with van der Waals surface area (Å²) in [5.41, 5.74) is 2.01. The Labute approximate surface area is 130 Å². The molecule has 0 radical (unpaired) electrons. The zero-order valence-electron chi connectivity index (χ0n) is 10.5. The van der Waals surface area contributed by atoms with Crippen LogP contribution in [-0.4, -0.2) is 22.0 Å². The summed E-state index contributed by atoms with van der Waals surface area (Å²) in [6.45, 7) is 0. The molecule has 0 amide bonds. The molecule has 1 heterocycles. The first-order valence-electron chi connectivity index (χ1n) is 5.69. The molecule has 4 nitrogen and oxygen atoms in total. The Balaban J connectivity index is 2.29. The zero-order valence-corrected chi connectivity index (χ0v) is 13.6. The molecule has 0 aliphatic heterocycles.